The van der Waals surface area contributed by atoms with Crippen molar-refractivity contribution in [2.24, 2.45) is 5.92 Å². The Balaban J connectivity index is 1.53. The van der Waals surface area contributed by atoms with Crippen LogP contribution in [0, 0.1) is 5.92 Å². The van der Waals surface area contributed by atoms with E-state index in [1.165, 1.54) is 0 Å². The molecule has 0 saturated carbocycles. The molecule has 0 aliphatic carbocycles. The number of methoxy groups -OCH3 is 1. The molecule has 1 fully saturated rings. The highest BCUT2D eigenvalue weighted by atomic mass is 16.5. The SMILES string of the molecule is COc1ccc(NC(=O)C2CCN(c3ccccc3-c3ccccc3)C2=O)cc1. The fourth-order valence-corrected chi connectivity index (χ4v) is 3.64. The third kappa shape index (κ3) is 3.85. The second-order valence-electron chi connectivity index (χ2n) is 6.93. The second kappa shape index (κ2) is 8.19. The van der Waals surface area contributed by atoms with Gasteiger partial charge in [-0.25, -0.2) is 0 Å². The smallest absolute Gasteiger partial charge is 0.239 e. The molecule has 1 heterocycles. The first-order valence-corrected chi connectivity index (χ1v) is 9.58. The molecule has 3 aromatic rings. The zero-order chi connectivity index (χ0) is 20.2. The summed E-state index contributed by atoms with van der Waals surface area (Å²) in [5, 5.41) is 2.84. The molecule has 1 N–H and O–H groups in total. The quantitative estimate of drug-likeness (QED) is 0.663. The number of amides is 2. The van der Waals surface area contributed by atoms with Crippen molar-refractivity contribution >= 4 is 23.2 Å². The number of nitrogens with one attached hydrogen (secondary N) is 1. The number of hydrogen-bond acceptors (Lipinski definition) is 3. The van der Waals surface area contributed by atoms with Crippen molar-refractivity contribution in [2.75, 3.05) is 23.9 Å². The van der Waals surface area contributed by atoms with E-state index in [-0.39, 0.29) is 11.8 Å². The minimum absolute atomic E-state index is 0.167. The summed E-state index contributed by atoms with van der Waals surface area (Å²) in [7, 11) is 1.59. The number of carbonyl (C=O) groups excluding carboxylic acids is 2. The molecule has 2 amide bonds. The fraction of sp³-hybridized carbons (Fsp3) is 0.167. The molecule has 0 spiro atoms. The second-order valence-corrected chi connectivity index (χ2v) is 6.93. The average Bonchev–Trinajstić information content (AvgIpc) is 3.16. The number of rotatable bonds is 5. The molecule has 0 bridgehead atoms. The first kappa shape index (κ1) is 18.7. The summed E-state index contributed by atoms with van der Waals surface area (Å²) in [5.41, 5.74) is 3.51. The van der Waals surface area contributed by atoms with Crippen LogP contribution in [0.1, 0.15) is 6.42 Å². The van der Waals surface area contributed by atoms with E-state index in [4.69, 9.17) is 4.74 Å². The standard InChI is InChI=1S/C24H22N2O3/c1-29-19-13-11-18(12-14-19)25-23(27)21-15-16-26(24(21)28)22-10-6-5-9-20(22)17-7-3-2-4-8-17/h2-14,21H,15-16H2,1H3,(H,25,27). The third-order valence-electron chi connectivity index (χ3n) is 5.16. The van der Waals surface area contributed by atoms with Crippen LogP contribution >= 0.6 is 0 Å². The summed E-state index contributed by atoms with van der Waals surface area (Å²) in [6.07, 6.45) is 0.490. The highest BCUT2D eigenvalue weighted by Gasteiger charge is 2.38. The zero-order valence-corrected chi connectivity index (χ0v) is 16.2. The van der Waals surface area contributed by atoms with Gasteiger partial charge in [-0.05, 0) is 42.3 Å². The number of hydrogen-bond donors (Lipinski definition) is 1. The van der Waals surface area contributed by atoms with Crippen LogP contribution in [0.3, 0.4) is 0 Å². The van der Waals surface area contributed by atoms with Gasteiger partial charge >= 0.3 is 0 Å². The first-order chi connectivity index (χ1) is 14.2. The molecule has 1 saturated heterocycles. The number of anilines is 2. The summed E-state index contributed by atoms with van der Waals surface area (Å²) in [6, 6.07) is 24.8. The lowest BCUT2D eigenvalue weighted by Crippen LogP contribution is -2.33. The van der Waals surface area contributed by atoms with Gasteiger partial charge in [0.15, 0.2) is 0 Å². The molecule has 0 radical (unpaired) electrons. The summed E-state index contributed by atoms with van der Waals surface area (Å²) >= 11 is 0. The minimum Gasteiger partial charge on any atom is -0.497 e. The van der Waals surface area contributed by atoms with Gasteiger partial charge in [0.1, 0.15) is 11.7 Å². The summed E-state index contributed by atoms with van der Waals surface area (Å²) in [5.74, 6) is -0.427. The molecule has 1 atom stereocenters. The zero-order valence-electron chi connectivity index (χ0n) is 16.2. The minimum atomic E-state index is -0.694. The summed E-state index contributed by atoms with van der Waals surface area (Å²) in [6.45, 7) is 0.517. The van der Waals surface area contributed by atoms with Crippen LogP contribution in [-0.2, 0) is 9.59 Å². The van der Waals surface area contributed by atoms with E-state index in [1.807, 2.05) is 54.6 Å². The number of para-hydroxylation sites is 1. The molecule has 5 nitrogen and oxygen atoms in total. The van der Waals surface area contributed by atoms with Gasteiger partial charge in [-0.1, -0.05) is 48.5 Å². The molecule has 4 rings (SSSR count). The Labute approximate surface area is 169 Å². The number of benzene rings is 3. The monoisotopic (exact) mass is 386 g/mol. The van der Waals surface area contributed by atoms with Gasteiger partial charge in [0.25, 0.3) is 0 Å². The topological polar surface area (TPSA) is 58.6 Å². The molecule has 3 aromatic carbocycles. The van der Waals surface area contributed by atoms with E-state index < -0.39 is 5.92 Å². The van der Waals surface area contributed by atoms with Crippen LogP contribution in [0.4, 0.5) is 11.4 Å². The Morgan fingerprint density at radius 1 is 0.966 bits per heavy atom. The Morgan fingerprint density at radius 2 is 1.66 bits per heavy atom. The first-order valence-electron chi connectivity index (χ1n) is 9.58. The van der Waals surface area contributed by atoms with Crippen LogP contribution in [0.2, 0.25) is 0 Å². The maximum absolute atomic E-state index is 13.1. The lowest BCUT2D eigenvalue weighted by atomic mass is 10.0. The molecule has 0 aromatic heterocycles. The van der Waals surface area contributed by atoms with E-state index in [9.17, 15) is 9.59 Å². The molecule has 29 heavy (non-hydrogen) atoms. The van der Waals surface area contributed by atoms with Crippen molar-refractivity contribution in [2.45, 2.75) is 6.42 Å². The Hall–Kier alpha value is -3.60. The number of ether oxygens (including phenoxy) is 1. The van der Waals surface area contributed by atoms with Crippen molar-refractivity contribution in [3.63, 3.8) is 0 Å². The van der Waals surface area contributed by atoms with Crippen LogP contribution in [0.5, 0.6) is 5.75 Å². The summed E-state index contributed by atoms with van der Waals surface area (Å²) in [4.78, 5) is 27.5. The van der Waals surface area contributed by atoms with E-state index in [1.54, 1.807) is 36.3 Å². The lowest BCUT2D eigenvalue weighted by molar-refractivity contribution is -0.129. The largest absolute Gasteiger partial charge is 0.497 e. The Kier molecular flexibility index (Phi) is 5.29. The van der Waals surface area contributed by atoms with E-state index in [0.29, 0.717) is 24.4 Å². The molecular formula is C24H22N2O3. The van der Waals surface area contributed by atoms with Crippen molar-refractivity contribution in [1.29, 1.82) is 0 Å². The normalized spacial score (nSPS) is 16.0. The predicted molar refractivity (Wildman–Crippen MR) is 114 cm³/mol. The van der Waals surface area contributed by atoms with Gasteiger partial charge in [-0.3, -0.25) is 9.59 Å². The highest BCUT2D eigenvalue weighted by molar-refractivity contribution is 6.14. The van der Waals surface area contributed by atoms with Crippen LogP contribution in [-0.4, -0.2) is 25.5 Å². The van der Waals surface area contributed by atoms with Gasteiger partial charge in [0.2, 0.25) is 11.8 Å². The van der Waals surface area contributed by atoms with Crippen molar-refractivity contribution < 1.29 is 14.3 Å². The molecule has 146 valence electrons. The highest BCUT2D eigenvalue weighted by Crippen LogP contribution is 2.34. The maximum atomic E-state index is 13.1. The molecular weight excluding hydrogens is 364 g/mol. The van der Waals surface area contributed by atoms with Crippen molar-refractivity contribution in [1.82, 2.24) is 0 Å². The van der Waals surface area contributed by atoms with Crippen molar-refractivity contribution in [3.8, 4) is 16.9 Å². The van der Waals surface area contributed by atoms with Crippen molar-refractivity contribution in [3.05, 3.63) is 78.9 Å². The average molecular weight is 386 g/mol. The van der Waals surface area contributed by atoms with Crippen LogP contribution in [0.15, 0.2) is 78.9 Å². The van der Waals surface area contributed by atoms with E-state index in [0.717, 1.165) is 16.8 Å². The van der Waals surface area contributed by atoms with Gasteiger partial charge in [-0.2, -0.15) is 0 Å². The van der Waals surface area contributed by atoms with Gasteiger partial charge in [-0.15, -0.1) is 0 Å². The van der Waals surface area contributed by atoms with E-state index in [2.05, 4.69) is 5.32 Å². The molecule has 1 aliphatic rings. The summed E-state index contributed by atoms with van der Waals surface area (Å²) < 4.78 is 5.13. The molecule has 1 unspecified atom stereocenters. The van der Waals surface area contributed by atoms with E-state index >= 15 is 0 Å². The lowest BCUT2D eigenvalue weighted by Gasteiger charge is -2.20. The Morgan fingerprint density at radius 3 is 2.38 bits per heavy atom. The number of carbonyl (C=O) groups is 2. The fourth-order valence-electron chi connectivity index (χ4n) is 3.64. The van der Waals surface area contributed by atoms with Crippen LogP contribution in [0.25, 0.3) is 11.1 Å². The van der Waals surface area contributed by atoms with Crippen LogP contribution < -0.4 is 15.0 Å². The van der Waals surface area contributed by atoms with Gasteiger partial charge in [0, 0.05) is 17.8 Å². The van der Waals surface area contributed by atoms with Gasteiger partial charge < -0.3 is 15.0 Å². The van der Waals surface area contributed by atoms with Gasteiger partial charge in [0.05, 0.1) is 12.8 Å². The molecule has 5 heteroatoms. The third-order valence-corrected chi connectivity index (χ3v) is 5.16. The maximum Gasteiger partial charge on any atom is 0.239 e. The number of nitrogens with zero attached hydrogens (tertiary/aromatic N) is 1. The Bertz CT molecular complexity index is 1020. The predicted octanol–water partition coefficient (Wildman–Crippen LogP) is 4.35. The molecule has 1 aliphatic heterocycles.